The van der Waals surface area contributed by atoms with Gasteiger partial charge in [-0.2, -0.15) is 0 Å². The molecule has 0 bridgehead atoms. The Kier molecular flexibility index (Phi) is 4.71. The Bertz CT molecular complexity index is 715. The van der Waals surface area contributed by atoms with Gasteiger partial charge >= 0.3 is 0 Å². The van der Waals surface area contributed by atoms with E-state index in [1.807, 2.05) is 45.0 Å². The van der Waals surface area contributed by atoms with Crippen molar-refractivity contribution in [3.63, 3.8) is 0 Å². The van der Waals surface area contributed by atoms with Gasteiger partial charge in [-0.15, -0.1) is 0 Å². The van der Waals surface area contributed by atoms with Crippen LogP contribution in [0.5, 0.6) is 0 Å². The van der Waals surface area contributed by atoms with Gasteiger partial charge in [-0.3, -0.25) is 4.79 Å². The van der Waals surface area contributed by atoms with Crippen LogP contribution in [0.3, 0.4) is 0 Å². The fourth-order valence-electron chi connectivity index (χ4n) is 2.25. The fraction of sp³-hybridized carbons (Fsp3) is 0.471. The molecule has 3 rings (SSSR count). The molecule has 1 atom stereocenters. The Morgan fingerprint density at radius 1 is 1.22 bits per heavy atom. The van der Waals surface area contributed by atoms with Crippen LogP contribution >= 0.6 is 11.8 Å². The number of para-hydroxylation sites is 1. The normalized spacial score (nSPS) is 15.7. The van der Waals surface area contributed by atoms with Crippen LogP contribution in [0.1, 0.15) is 33.6 Å². The average Bonchev–Trinajstić information content (AvgIpc) is 3.30. The average molecular weight is 330 g/mol. The number of carbonyl (C=O) groups is 1. The standard InChI is InChI=1S/C17H22N4OS/c1-10(2)18-16(22)11(3)23-17-20-14-7-5-4-6-13(14)15(21-17)19-12-8-9-12/h4-7,10-12H,8-9H2,1-3H3,(H,18,22)(H,19,20,21). The maximum atomic E-state index is 12.1. The minimum Gasteiger partial charge on any atom is -0.367 e. The first kappa shape index (κ1) is 16.1. The second-order valence-corrected chi connectivity index (χ2v) is 7.52. The number of carbonyl (C=O) groups excluding carboxylic acids is 1. The molecule has 1 unspecified atom stereocenters. The van der Waals surface area contributed by atoms with E-state index >= 15 is 0 Å². The molecule has 5 nitrogen and oxygen atoms in total. The summed E-state index contributed by atoms with van der Waals surface area (Å²) in [7, 11) is 0. The lowest BCUT2D eigenvalue weighted by Gasteiger charge is -2.15. The molecule has 1 aliphatic rings. The Balaban J connectivity index is 1.84. The molecule has 6 heteroatoms. The summed E-state index contributed by atoms with van der Waals surface area (Å²) in [5, 5.41) is 7.83. The maximum absolute atomic E-state index is 12.1. The zero-order valence-electron chi connectivity index (χ0n) is 13.7. The number of nitrogens with zero attached hydrogens (tertiary/aromatic N) is 2. The fourth-order valence-corrected chi connectivity index (χ4v) is 3.04. The summed E-state index contributed by atoms with van der Waals surface area (Å²) in [6.45, 7) is 5.80. The van der Waals surface area contributed by atoms with Crippen LogP contribution in [0, 0.1) is 0 Å². The highest BCUT2D eigenvalue weighted by Crippen LogP contribution is 2.30. The molecule has 1 aromatic heterocycles. The Hall–Kier alpha value is -1.82. The molecular weight excluding hydrogens is 308 g/mol. The largest absolute Gasteiger partial charge is 0.367 e. The number of fused-ring (bicyclic) bond motifs is 1. The molecule has 23 heavy (non-hydrogen) atoms. The number of benzene rings is 1. The Labute approximate surface area is 140 Å². The van der Waals surface area contributed by atoms with E-state index in [2.05, 4.69) is 20.6 Å². The van der Waals surface area contributed by atoms with E-state index in [1.54, 1.807) is 0 Å². The molecule has 1 aliphatic carbocycles. The number of thioether (sulfide) groups is 1. The van der Waals surface area contributed by atoms with Crippen LogP contribution in [-0.4, -0.2) is 33.2 Å². The van der Waals surface area contributed by atoms with E-state index in [1.165, 1.54) is 24.6 Å². The smallest absolute Gasteiger partial charge is 0.233 e. The lowest BCUT2D eigenvalue weighted by atomic mass is 10.2. The van der Waals surface area contributed by atoms with Crippen LogP contribution in [-0.2, 0) is 4.79 Å². The van der Waals surface area contributed by atoms with Crippen LogP contribution in [0.15, 0.2) is 29.4 Å². The third-order valence-corrected chi connectivity index (χ3v) is 4.54. The molecule has 0 spiro atoms. The van der Waals surface area contributed by atoms with Crippen molar-refractivity contribution in [2.75, 3.05) is 5.32 Å². The summed E-state index contributed by atoms with van der Waals surface area (Å²) in [6.07, 6.45) is 2.38. The van der Waals surface area contributed by atoms with Gasteiger partial charge in [-0.05, 0) is 45.7 Å². The number of anilines is 1. The number of hydrogen-bond donors (Lipinski definition) is 2. The first-order valence-corrected chi connectivity index (χ1v) is 8.91. The summed E-state index contributed by atoms with van der Waals surface area (Å²) in [6, 6.07) is 8.64. The molecule has 0 radical (unpaired) electrons. The molecule has 0 aliphatic heterocycles. The molecule has 1 heterocycles. The second kappa shape index (κ2) is 6.74. The van der Waals surface area contributed by atoms with E-state index in [0.717, 1.165) is 16.7 Å². The SMILES string of the molecule is CC(C)NC(=O)C(C)Sc1nc(NC2CC2)c2ccccc2n1. The monoisotopic (exact) mass is 330 g/mol. The van der Waals surface area contributed by atoms with Gasteiger partial charge in [0.2, 0.25) is 5.91 Å². The maximum Gasteiger partial charge on any atom is 0.233 e. The molecular formula is C17H22N4OS. The van der Waals surface area contributed by atoms with E-state index in [4.69, 9.17) is 0 Å². The number of rotatable bonds is 6. The predicted molar refractivity (Wildman–Crippen MR) is 94.8 cm³/mol. The van der Waals surface area contributed by atoms with Gasteiger partial charge in [-0.1, -0.05) is 23.9 Å². The number of nitrogens with one attached hydrogen (secondary N) is 2. The topological polar surface area (TPSA) is 66.9 Å². The molecule has 1 amide bonds. The molecule has 1 fully saturated rings. The van der Waals surface area contributed by atoms with Gasteiger partial charge in [0.1, 0.15) is 5.82 Å². The van der Waals surface area contributed by atoms with Crippen molar-refractivity contribution in [2.45, 2.75) is 56.1 Å². The summed E-state index contributed by atoms with van der Waals surface area (Å²) >= 11 is 1.40. The lowest BCUT2D eigenvalue weighted by molar-refractivity contribution is -0.120. The molecule has 122 valence electrons. The van der Waals surface area contributed by atoms with Gasteiger partial charge in [0.15, 0.2) is 5.16 Å². The quantitative estimate of drug-likeness (QED) is 0.629. The summed E-state index contributed by atoms with van der Waals surface area (Å²) in [4.78, 5) is 21.3. The van der Waals surface area contributed by atoms with Crippen molar-refractivity contribution in [1.82, 2.24) is 15.3 Å². The third-order valence-electron chi connectivity index (χ3n) is 3.58. The minimum absolute atomic E-state index is 0.0125. The molecule has 2 aromatic rings. The van der Waals surface area contributed by atoms with E-state index < -0.39 is 0 Å². The van der Waals surface area contributed by atoms with Gasteiger partial charge in [-0.25, -0.2) is 9.97 Å². The zero-order valence-corrected chi connectivity index (χ0v) is 14.5. The molecule has 0 saturated heterocycles. The van der Waals surface area contributed by atoms with Crippen LogP contribution < -0.4 is 10.6 Å². The van der Waals surface area contributed by atoms with Crippen molar-refractivity contribution >= 4 is 34.4 Å². The van der Waals surface area contributed by atoms with E-state index in [-0.39, 0.29) is 17.2 Å². The molecule has 2 N–H and O–H groups in total. The first-order valence-electron chi connectivity index (χ1n) is 8.03. The zero-order chi connectivity index (χ0) is 16.4. The minimum atomic E-state index is -0.229. The predicted octanol–water partition coefficient (Wildman–Crippen LogP) is 3.21. The van der Waals surface area contributed by atoms with Gasteiger partial charge in [0.25, 0.3) is 0 Å². The summed E-state index contributed by atoms with van der Waals surface area (Å²) in [5.41, 5.74) is 0.907. The van der Waals surface area contributed by atoms with Crippen molar-refractivity contribution < 1.29 is 4.79 Å². The molecule has 1 saturated carbocycles. The van der Waals surface area contributed by atoms with Crippen LogP contribution in [0.4, 0.5) is 5.82 Å². The van der Waals surface area contributed by atoms with Gasteiger partial charge in [0.05, 0.1) is 10.8 Å². The summed E-state index contributed by atoms with van der Waals surface area (Å²) in [5.74, 6) is 0.885. The highest BCUT2D eigenvalue weighted by molar-refractivity contribution is 8.00. The number of amides is 1. The molecule has 1 aromatic carbocycles. The Morgan fingerprint density at radius 3 is 2.65 bits per heavy atom. The van der Waals surface area contributed by atoms with Crippen LogP contribution in [0.25, 0.3) is 10.9 Å². The highest BCUT2D eigenvalue weighted by Gasteiger charge is 2.23. The third kappa shape index (κ3) is 4.13. The Morgan fingerprint density at radius 2 is 1.96 bits per heavy atom. The van der Waals surface area contributed by atoms with Crippen molar-refractivity contribution in [2.24, 2.45) is 0 Å². The number of aromatic nitrogens is 2. The van der Waals surface area contributed by atoms with Crippen molar-refractivity contribution in [3.05, 3.63) is 24.3 Å². The van der Waals surface area contributed by atoms with Crippen molar-refractivity contribution in [1.29, 1.82) is 0 Å². The number of hydrogen-bond acceptors (Lipinski definition) is 5. The second-order valence-electron chi connectivity index (χ2n) is 6.21. The highest BCUT2D eigenvalue weighted by atomic mass is 32.2. The van der Waals surface area contributed by atoms with Crippen molar-refractivity contribution in [3.8, 4) is 0 Å². The summed E-state index contributed by atoms with van der Waals surface area (Å²) < 4.78 is 0. The van der Waals surface area contributed by atoms with E-state index in [0.29, 0.717) is 11.2 Å². The van der Waals surface area contributed by atoms with Crippen LogP contribution in [0.2, 0.25) is 0 Å². The lowest BCUT2D eigenvalue weighted by Crippen LogP contribution is -2.35. The first-order chi connectivity index (χ1) is 11.0. The van der Waals surface area contributed by atoms with E-state index in [9.17, 15) is 4.79 Å². The van der Waals surface area contributed by atoms with Gasteiger partial charge in [0, 0.05) is 17.5 Å². The van der Waals surface area contributed by atoms with Gasteiger partial charge < -0.3 is 10.6 Å².